The van der Waals surface area contributed by atoms with Crippen molar-refractivity contribution in [1.82, 2.24) is 14.8 Å². The minimum atomic E-state index is 0.0139. The van der Waals surface area contributed by atoms with E-state index in [2.05, 4.69) is 16.9 Å². The van der Waals surface area contributed by atoms with Crippen LogP contribution in [0.5, 0.6) is 11.5 Å². The maximum absolute atomic E-state index is 13.1. The molecule has 2 bridgehead atoms. The molecule has 1 aromatic heterocycles. The van der Waals surface area contributed by atoms with Crippen LogP contribution >= 0.6 is 0 Å². The molecule has 0 spiro atoms. The fourth-order valence-corrected chi connectivity index (χ4v) is 3.91. The van der Waals surface area contributed by atoms with E-state index in [4.69, 9.17) is 4.74 Å². The van der Waals surface area contributed by atoms with Gasteiger partial charge >= 0.3 is 0 Å². The molecule has 130 valence electrons. The van der Waals surface area contributed by atoms with Gasteiger partial charge < -0.3 is 9.64 Å². The predicted octanol–water partition coefficient (Wildman–Crippen LogP) is 3.18. The van der Waals surface area contributed by atoms with Gasteiger partial charge in [-0.25, -0.2) is 0 Å². The van der Waals surface area contributed by atoms with E-state index in [1.165, 1.54) is 12.8 Å². The first-order chi connectivity index (χ1) is 12.2. The molecule has 0 N–H and O–H groups in total. The number of rotatable bonds is 3. The van der Waals surface area contributed by atoms with Crippen molar-refractivity contribution in [2.24, 2.45) is 0 Å². The first kappa shape index (κ1) is 16.1. The molecule has 5 nitrogen and oxygen atoms in total. The lowest BCUT2D eigenvalue weighted by atomic mass is 10.1. The summed E-state index contributed by atoms with van der Waals surface area (Å²) in [7, 11) is 2.18. The fourth-order valence-electron chi connectivity index (χ4n) is 3.91. The van der Waals surface area contributed by atoms with E-state index in [1.54, 1.807) is 18.5 Å². The molecule has 3 heterocycles. The maximum atomic E-state index is 13.1. The van der Waals surface area contributed by atoms with Gasteiger partial charge in [0.25, 0.3) is 5.91 Å². The summed E-state index contributed by atoms with van der Waals surface area (Å²) in [6.07, 6.45) is 6.73. The Morgan fingerprint density at radius 1 is 1.12 bits per heavy atom. The zero-order chi connectivity index (χ0) is 17.2. The zero-order valence-corrected chi connectivity index (χ0v) is 14.5. The van der Waals surface area contributed by atoms with E-state index in [-0.39, 0.29) is 5.91 Å². The Hall–Kier alpha value is -2.40. The summed E-state index contributed by atoms with van der Waals surface area (Å²) in [6.45, 7) is 1.58. The lowest BCUT2D eigenvalue weighted by molar-refractivity contribution is 0.0737. The van der Waals surface area contributed by atoms with Crippen LogP contribution in [0.1, 0.15) is 29.6 Å². The van der Waals surface area contributed by atoms with Crippen molar-refractivity contribution < 1.29 is 9.53 Å². The van der Waals surface area contributed by atoms with Crippen LogP contribution in [0.25, 0.3) is 0 Å². The third kappa shape index (κ3) is 3.24. The van der Waals surface area contributed by atoms with E-state index in [9.17, 15) is 4.79 Å². The predicted molar refractivity (Wildman–Crippen MR) is 95.8 cm³/mol. The molecule has 2 aliphatic heterocycles. The van der Waals surface area contributed by atoms with Crippen molar-refractivity contribution in [2.45, 2.75) is 31.3 Å². The molecule has 25 heavy (non-hydrogen) atoms. The number of likely N-dealkylation sites (N-methyl/N-ethyl adjacent to an activating group) is 1. The Bertz CT molecular complexity index is 750. The normalized spacial score (nSPS) is 23.3. The third-order valence-electron chi connectivity index (χ3n) is 5.42. The number of pyridine rings is 1. The topological polar surface area (TPSA) is 45.7 Å². The third-order valence-corrected chi connectivity index (χ3v) is 5.42. The smallest absolute Gasteiger partial charge is 0.259 e. The van der Waals surface area contributed by atoms with Gasteiger partial charge in [0.15, 0.2) is 0 Å². The fraction of sp³-hybridized carbons (Fsp3) is 0.400. The van der Waals surface area contributed by atoms with Crippen molar-refractivity contribution in [1.29, 1.82) is 0 Å². The van der Waals surface area contributed by atoms with E-state index >= 15 is 0 Å². The summed E-state index contributed by atoms with van der Waals surface area (Å²) in [5, 5.41) is 0. The Balaban J connectivity index is 1.56. The molecule has 1 aromatic carbocycles. The van der Waals surface area contributed by atoms with Crippen molar-refractivity contribution in [3.05, 3.63) is 54.4 Å². The van der Waals surface area contributed by atoms with E-state index in [0.717, 1.165) is 25.3 Å². The number of amides is 1. The summed E-state index contributed by atoms with van der Waals surface area (Å²) < 4.78 is 5.94. The van der Waals surface area contributed by atoms with E-state index < -0.39 is 0 Å². The molecule has 2 fully saturated rings. The van der Waals surface area contributed by atoms with Crippen LogP contribution in [-0.2, 0) is 0 Å². The molecule has 5 heteroatoms. The molecule has 2 aromatic rings. The van der Waals surface area contributed by atoms with Crippen LogP contribution in [0.15, 0.2) is 48.8 Å². The van der Waals surface area contributed by atoms with Crippen LogP contribution in [0.3, 0.4) is 0 Å². The first-order valence-electron chi connectivity index (χ1n) is 8.90. The lowest BCUT2D eigenvalue weighted by Gasteiger charge is -2.26. The second kappa shape index (κ2) is 6.84. The number of carbonyl (C=O) groups excluding carboxylic acids is 1. The molecule has 0 radical (unpaired) electrons. The first-order valence-corrected chi connectivity index (χ1v) is 8.90. The van der Waals surface area contributed by atoms with Gasteiger partial charge in [-0.2, -0.15) is 0 Å². The highest BCUT2D eigenvalue weighted by Crippen LogP contribution is 2.31. The largest absolute Gasteiger partial charge is 0.456 e. The molecule has 0 saturated carbocycles. The number of aromatic nitrogens is 1. The Labute approximate surface area is 148 Å². The number of carbonyl (C=O) groups is 1. The van der Waals surface area contributed by atoms with Crippen molar-refractivity contribution >= 4 is 5.91 Å². The van der Waals surface area contributed by atoms with Crippen LogP contribution in [0.2, 0.25) is 0 Å². The summed E-state index contributed by atoms with van der Waals surface area (Å²) >= 11 is 0. The Morgan fingerprint density at radius 3 is 2.76 bits per heavy atom. The molecular formula is C20H23N3O2. The van der Waals surface area contributed by atoms with Gasteiger partial charge in [0.05, 0.1) is 0 Å². The number of hydrogen-bond acceptors (Lipinski definition) is 4. The SMILES string of the molecule is CN1C2CCC1CN(C(=O)c1cnccc1Oc1ccccc1)CC2. The highest BCUT2D eigenvalue weighted by molar-refractivity contribution is 5.96. The van der Waals surface area contributed by atoms with E-state index in [1.807, 2.05) is 35.2 Å². The average Bonchev–Trinajstić information content (AvgIpc) is 2.88. The van der Waals surface area contributed by atoms with Crippen molar-refractivity contribution in [2.75, 3.05) is 20.1 Å². The van der Waals surface area contributed by atoms with Gasteiger partial charge in [-0.1, -0.05) is 18.2 Å². The standard InChI is InChI=1S/C20H23N3O2/c1-22-15-7-8-16(22)14-23(12-10-15)20(24)18-13-21-11-9-19(18)25-17-5-3-2-4-6-17/h2-6,9,11,13,15-16H,7-8,10,12,14H2,1H3. The van der Waals surface area contributed by atoms with Gasteiger partial charge in [0.2, 0.25) is 0 Å². The van der Waals surface area contributed by atoms with Gasteiger partial charge in [0, 0.05) is 37.6 Å². The Kier molecular flexibility index (Phi) is 4.40. The quantitative estimate of drug-likeness (QED) is 0.863. The average molecular weight is 337 g/mol. The van der Waals surface area contributed by atoms with Gasteiger partial charge in [-0.3, -0.25) is 14.7 Å². The Morgan fingerprint density at radius 2 is 1.92 bits per heavy atom. The second-order valence-corrected chi connectivity index (χ2v) is 6.88. The minimum absolute atomic E-state index is 0.0139. The molecular weight excluding hydrogens is 314 g/mol. The summed E-state index contributed by atoms with van der Waals surface area (Å²) in [6, 6.07) is 12.4. The number of ether oxygens (including phenoxy) is 1. The summed E-state index contributed by atoms with van der Waals surface area (Å²) in [4.78, 5) is 21.7. The molecule has 2 aliphatic rings. The molecule has 0 aliphatic carbocycles. The van der Waals surface area contributed by atoms with Crippen LogP contribution in [0, 0.1) is 0 Å². The summed E-state index contributed by atoms with van der Waals surface area (Å²) in [5.41, 5.74) is 0.534. The zero-order valence-electron chi connectivity index (χ0n) is 14.5. The number of likely N-dealkylation sites (tertiary alicyclic amines) is 1. The molecule has 4 rings (SSSR count). The monoisotopic (exact) mass is 337 g/mol. The molecule has 1 amide bonds. The molecule has 2 saturated heterocycles. The van der Waals surface area contributed by atoms with Gasteiger partial charge in [0.1, 0.15) is 17.1 Å². The van der Waals surface area contributed by atoms with Crippen molar-refractivity contribution in [3.8, 4) is 11.5 Å². The van der Waals surface area contributed by atoms with Gasteiger partial charge in [-0.05, 0) is 44.5 Å². The van der Waals surface area contributed by atoms with Crippen LogP contribution in [0.4, 0.5) is 0 Å². The highest BCUT2D eigenvalue weighted by Gasteiger charge is 2.36. The second-order valence-electron chi connectivity index (χ2n) is 6.88. The minimum Gasteiger partial charge on any atom is -0.456 e. The highest BCUT2D eigenvalue weighted by atomic mass is 16.5. The maximum Gasteiger partial charge on any atom is 0.259 e. The number of para-hydroxylation sites is 1. The van der Waals surface area contributed by atoms with Crippen LogP contribution in [-0.4, -0.2) is 52.9 Å². The molecule has 2 unspecified atom stereocenters. The number of fused-ring (bicyclic) bond motifs is 2. The lowest BCUT2D eigenvalue weighted by Crippen LogP contribution is -2.39. The van der Waals surface area contributed by atoms with Gasteiger partial charge in [-0.15, -0.1) is 0 Å². The number of hydrogen-bond donors (Lipinski definition) is 0. The molecule has 2 atom stereocenters. The van der Waals surface area contributed by atoms with Crippen molar-refractivity contribution in [3.63, 3.8) is 0 Å². The van der Waals surface area contributed by atoms with Crippen LogP contribution < -0.4 is 4.74 Å². The number of benzene rings is 1. The number of nitrogens with zero attached hydrogens (tertiary/aromatic N) is 3. The summed E-state index contributed by atoms with van der Waals surface area (Å²) in [5.74, 6) is 1.30. The van der Waals surface area contributed by atoms with E-state index in [0.29, 0.717) is 23.4 Å².